The standard InChI is InChI=1S/C24H28Cl2N2O7S/c1-24(23(30)31,22(29)20-4-3-9-27-20)21(15-5-7-18(8-6-15)35-11-10-34-2)28-36(32,33)19-13-16(25)12-17(26)14-19/h5-8,12-14,20-21,27-28H,3-4,9-11H2,1-2H3,(H,30,31)/t20-,21+,24-/m0/s1. The lowest BCUT2D eigenvalue weighted by Crippen LogP contribution is -2.54. The van der Waals surface area contributed by atoms with E-state index in [-0.39, 0.29) is 20.5 Å². The van der Waals surface area contributed by atoms with Crippen LogP contribution in [0, 0.1) is 5.41 Å². The maximum atomic E-state index is 13.5. The number of aliphatic carboxylic acids is 1. The number of sulfonamides is 1. The Labute approximate surface area is 220 Å². The summed E-state index contributed by atoms with van der Waals surface area (Å²) in [6.45, 7) is 2.46. The average Bonchev–Trinajstić information content (AvgIpc) is 3.36. The summed E-state index contributed by atoms with van der Waals surface area (Å²) in [6.07, 6.45) is 1.16. The maximum Gasteiger partial charge on any atom is 0.318 e. The number of hydrogen-bond acceptors (Lipinski definition) is 7. The number of benzene rings is 2. The van der Waals surface area contributed by atoms with Gasteiger partial charge in [0, 0.05) is 17.2 Å². The highest BCUT2D eigenvalue weighted by molar-refractivity contribution is 7.89. The molecule has 3 atom stereocenters. The zero-order valence-electron chi connectivity index (χ0n) is 19.8. The number of rotatable bonds is 12. The highest BCUT2D eigenvalue weighted by atomic mass is 35.5. The highest BCUT2D eigenvalue weighted by Crippen LogP contribution is 2.39. The number of halogens is 2. The Morgan fingerprint density at radius 2 is 1.81 bits per heavy atom. The van der Waals surface area contributed by atoms with Gasteiger partial charge in [-0.15, -0.1) is 0 Å². The van der Waals surface area contributed by atoms with Crippen molar-refractivity contribution in [2.75, 3.05) is 26.9 Å². The second kappa shape index (κ2) is 11.9. The van der Waals surface area contributed by atoms with Gasteiger partial charge in [-0.1, -0.05) is 35.3 Å². The van der Waals surface area contributed by atoms with Crippen molar-refractivity contribution in [2.24, 2.45) is 5.41 Å². The third-order valence-electron chi connectivity index (χ3n) is 6.10. The van der Waals surface area contributed by atoms with E-state index in [4.69, 9.17) is 32.7 Å². The van der Waals surface area contributed by atoms with E-state index < -0.39 is 39.3 Å². The average molecular weight is 559 g/mol. The first-order valence-electron chi connectivity index (χ1n) is 11.2. The Balaban J connectivity index is 2.07. The minimum absolute atomic E-state index is 0.0872. The zero-order valence-corrected chi connectivity index (χ0v) is 22.1. The minimum Gasteiger partial charge on any atom is -0.491 e. The fourth-order valence-electron chi connectivity index (χ4n) is 4.07. The molecule has 0 aliphatic carbocycles. The molecule has 0 aromatic heterocycles. The summed E-state index contributed by atoms with van der Waals surface area (Å²) in [5, 5.41) is 13.5. The molecule has 0 spiro atoms. The van der Waals surface area contributed by atoms with Crippen molar-refractivity contribution in [1.82, 2.24) is 10.0 Å². The number of carboxylic acids is 1. The predicted octanol–water partition coefficient (Wildman–Crippen LogP) is 3.45. The molecule has 0 bridgehead atoms. The number of ketones is 1. The Hall–Kier alpha value is -2.21. The molecule has 0 amide bonds. The van der Waals surface area contributed by atoms with Gasteiger partial charge in [0.1, 0.15) is 17.8 Å². The van der Waals surface area contributed by atoms with Gasteiger partial charge in [0.05, 0.1) is 23.6 Å². The fourth-order valence-corrected chi connectivity index (χ4v) is 6.10. The number of methoxy groups -OCH3 is 1. The summed E-state index contributed by atoms with van der Waals surface area (Å²) in [4.78, 5) is 25.9. The summed E-state index contributed by atoms with van der Waals surface area (Å²) >= 11 is 12.0. The van der Waals surface area contributed by atoms with Crippen molar-refractivity contribution < 1.29 is 32.6 Å². The van der Waals surface area contributed by atoms with Crippen LogP contribution >= 0.6 is 23.2 Å². The topological polar surface area (TPSA) is 131 Å². The fraction of sp³-hybridized carbons (Fsp3) is 0.417. The lowest BCUT2D eigenvalue weighted by atomic mass is 9.73. The van der Waals surface area contributed by atoms with Crippen LogP contribution in [0.15, 0.2) is 47.4 Å². The zero-order chi connectivity index (χ0) is 26.5. The van der Waals surface area contributed by atoms with Crippen molar-refractivity contribution in [3.8, 4) is 5.75 Å². The molecular weight excluding hydrogens is 531 g/mol. The predicted molar refractivity (Wildman–Crippen MR) is 135 cm³/mol. The van der Waals surface area contributed by atoms with Crippen LogP contribution in [0.5, 0.6) is 5.75 Å². The van der Waals surface area contributed by atoms with Gasteiger partial charge in [-0.25, -0.2) is 13.1 Å². The molecule has 0 unspecified atom stereocenters. The first-order chi connectivity index (χ1) is 17.0. The van der Waals surface area contributed by atoms with Gasteiger partial charge in [-0.2, -0.15) is 0 Å². The summed E-state index contributed by atoms with van der Waals surface area (Å²) in [6, 6.07) is 7.78. The molecule has 0 radical (unpaired) electrons. The van der Waals surface area contributed by atoms with E-state index >= 15 is 0 Å². The van der Waals surface area contributed by atoms with Crippen LogP contribution in [-0.4, -0.2) is 58.2 Å². The van der Waals surface area contributed by atoms with Crippen molar-refractivity contribution in [3.63, 3.8) is 0 Å². The Kier molecular flexibility index (Phi) is 9.37. The van der Waals surface area contributed by atoms with Crippen LogP contribution in [-0.2, 0) is 24.3 Å². The summed E-state index contributed by atoms with van der Waals surface area (Å²) < 4.78 is 39.7. The van der Waals surface area contributed by atoms with Gasteiger partial charge in [0.2, 0.25) is 10.0 Å². The molecule has 3 rings (SSSR count). The number of nitrogens with one attached hydrogen (secondary N) is 2. The molecular formula is C24H28Cl2N2O7S. The van der Waals surface area contributed by atoms with Crippen LogP contribution in [0.3, 0.4) is 0 Å². The Morgan fingerprint density at radius 3 is 2.33 bits per heavy atom. The van der Waals surface area contributed by atoms with Crippen molar-refractivity contribution in [3.05, 3.63) is 58.1 Å². The van der Waals surface area contributed by atoms with Crippen LogP contribution in [0.4, 0.5) is 0 Å². The largest absolute Gasteiger partial charge is 0.491 e. The smallest absolute Gasteiger partial charge is 0.318 e. The maximum absolute atomic E-state index is 13.5. The van der Waals surface area contributed by atoms with Gasteiger partial charge >= 0.3 is 5.97 Å². The van der Waals surface area contributed by atoms with Crippen LogP contribution in [0.2, 0.25) is 10.0 Å². The highest BCUT2D eigenvalue weighted by Gasteiger charge is 2.52. The molecule has 196 valence electrons. The van der Waals surface area contributed by atoms with Crippen LogP contribution in [0.25, 0.3) is 0 Å². The number of carboxylic acid groups (broad SMARTS) is 1. The summed E-state index contributed by atoms with van der Waals surface area (Å²) in [5.74, 6) is -1.61. The van der Waals surface area contributed by atoms with E-state index in [9.17, 15) is 23.1 Å². The lowest BCUT2D eigenvalue weighted by Gasteiger charge is -2.35. The molecule has 1 heterocycles. The summed E-state index contributed by atoms with van der Waals surface area (Å²) in [5.41, 5.74) is -1.88. The molecule has 0 saturated carbocycles. The number of ether oxygens (including phenoxy) is 2. The molecule has 12 heteroatoms. The third-order valence-corrected chi connectivity index (χ3v) is 7.94. The van der Waals surface area contributed by atoms with E-state index in [2.05, 4.69) is 10.0 Å². The molecule has 1 saturated heterocycles. The second-order valence-electron chi connectivity index (χ2n) is 8.59. The van der Waals surface area contributed by atoms with Gasteiger partial charge < -0.3 is 19.9 Å². The monoisotopic (exact) mass is 558 g/mol. The van der Waals surface area contributed by atoms with E-state index in [0.717, 1.165) is 0 Å². The SMILES string of the molecule is COCCOc1ccc([C@@H](NS(=O)(=O)c2cc(Cl)cc(Cl)c2)[C@](C)(C(=O)O)C(=O)[C@@H]2CCCN2)cc1. The molecule has 1 fully saturated rings. The molecule has 36 heavy (non-hydrogen) atoms. The van der Waals surface area contributed by atoms with Crippen molar-refractivity contribution >= 4 is 45.0 Å². The Morgan fingerprint density at radius 1 is 1.17 bits per heavy atom. The molecule has 2 aromatic rings. The van der Waals surface area contributed by atoms with Gasteiger partial charge in [0.25, 0.3) is 0 Å². The molecule has 1 aliphatic rings. The lowest BCUT2D eigenvalue weighted by molar-refractivity contribution is -0.156. The van der Waals surface area contributed by atoms with E-state index in [1.54, 1.807) is 19.2 Å². The number of Topliss-reactive ketones (excluding diaryl/α,β-unsaturated/α-hetero) is 1. The molecule has 9 nitrogen and oxygen atoms in total. The minimum atomic E-state index is -4.36. The normalized spacial score (nSPS) is 18.4. The molecule has 1 aliphatic heterocycles. The third kappa shape index (κ3) is 6.37. The number of carbonyl (C=O) groups is 2. The number of hydrogen-bond donors (Lipinski definition) is 3. The van der Waals surface area contributed by atoms with Crippen molar-refractivity contribution in [1.29, 1.82) is 0 Å². The van der Waals surface area contributed by atoms with Gasteiger partial charge in [-0.3, -0.25) is 9.59 Å². The number of carbonyl (C=O) groups excluding carboxylic acids is 1. The quantitative estimate of drug-likeness (QED) is 0.266. The van der Waals surface area contributed by atoms with Crippen LogP contribution in [0.1, 0.15) is 31.4 Å². The van der Waals surface area contributed by atoms with E-state index in [1.807, 2.05) is 0 Å². The Bertz CT molecular complexity index is 1180. The van der Waals surface area contributed by atoms with E-state index in [1.165, 1.54) is 37.3 Å². The first kappa shape index (κ1) is 28.4. The van der Waals surface area contributed by atoms with Crippen LogP contribution < -0.4 is 14.8 Å². The molecule has 3 N–H and O–H groups in total. The summed E-state index contributed by atoms with van der Waals surface area (Å²) in [7, 11) is -2.82. The molecule has 2 aromatic carbocycles. The first-order valence-corrected chi connectivity index (χ1v) is 13.4. The van der Waals surface area contributed by atoms with Crippen molar-refractivity contribution in [2.45, 2.75) is 36.7 Å². The van der Waals surface area contributed by atoms with Gasteiger partial charge in [-0.05, 0) is 62.2 Å². The second-order valence-corrected chi connectivity index (χ2v) is 11.2. The van der Waals surface area contributed by atoms with Gasteiger partial charge in [0.15, 0.2) is 5.78 Å². The van der Waals surface area contributed by atoms with E-state index in [0.29, 0.717) is 38.3 Å².